The van der Waals surface area contributed by atoms with Crippen molar-refractivity contribution in [2.24, 2.45) is 0 Å². The summed E-state index contributed by atoms with van der Waals surface area (Å²) in [6, 6.07) is 2.40. The van der Waals surface area contributed by atoms with Crippen LogP contribution in [-0.2, 0) is 14.8 Å². The predicted molar refractivity (Wildman–Crippen MR) is 89.3 cm³/mol. The SMILES string of the molecule is CCCSCC(=O)N1CCN(S(=O)(=O)c2ccc(F)cc2F)CC1. The van der Waals surface area contributed by atoms with Crippen molar-refractivity contribution in [2.45, 2.75) is 18.2 Å². The summed E-state index contributed by atoms with van der Waals surface area (Å²) in [5, 5.41) is 0. The molecule has 0 unspecified atom stereocenters. The number of amides is 1. The number of nitrogens with zero attached hydrogens (tertiary/aromatic N) is 2. The summed E-state index contributed by atoms with van der Waals surface area (Å²) in [6.45, 7) is 2.78. The normalized spacial score (nSPS) is 16.4. The van der Waals surface area contributed by atoms with Gasteiger partial charge in [-0.15, -0.1) is 0 Å². The molecule has 0 aliphatic carbocycles. The molecule has 2 rings (SSSR count). The molecular formula is C15H20F2N2O3S2. The summed E-state index contributed by atoms with van der Waals surface area (Å²) in [4.78, 5) is 13.1. The monoisotopic (exact) mass is 378 g/mol. The molecule has 0 N–H and O–H groups in total. The first-order chi connectivity index (χ1) is 11.4. The molecule has 24 heavy (non-hydrogen) atoms. The zero-order valence-corrected chi connectivity index (χ0v) is 15.0. The Hall–Kier alpha value is -1.19. The molecule has 0 spiro atoms. The number of piperazine rings is 1. The zero-order valence-electron chi connectivity index (χ0n) is 13.4. The smallest absolute Gasteiger partial charge is 0.246 e. The average molecular weight is 378 g/mol. The lowest BCUT2D eigenvalue weighted by Crippen LogP contribution is -2.51. The van der Waals surface area contributed by atoms with Gasteiger partial charge in [-0.3, -0.25) is 4.79 Å². The van der Waals surface area contributed by atoms with Gasteiger partial charge in [-0.1, -0.05) is 6.92 Å². The molecule has 0 radical (unpaired) electrons. The van der Waals surface area contributed by atoms with E-state index < -0.39 is 26.6 Å². The molecule has 134 valence electrons. The second-order valence-corrected chi connectivity index (χ2v) is 8.42. The number of rotatable bonds is 6. The van der Waals surface area contributed by atoms with E-state index in [1.54, 1.807) is 16.7 Å². The highest BCUT2D eigenvalue weighted by molar-refractivity contribution is 7.99. The molecule has 1 fully saturated rings. The molecule has 0 atom stereocenters. The van der Waals surface area contributed by atoms with E-state index in [0.717, 1.165) is 28.6 Å². The van der Waals surface area contributed by atoms with E-state index in [2.05, 4.69) is 0 Å². The van der Waals surface area contributed by atoms with Crippen LogP contribution in [0, 0.1) is 11.6 Å². The molecule has 1 saturated heterocycles. The maximum Gasteiger partial charge on any atom is 0.246 e. The molecule has 1 amide bonds. The predicted octanol–water partition coefficient (Wildman–Crippen LogP) is 1.94. The fourth-order valence-corrected chi connectivity index (χ4v) is 4.65. The number of hydrogen-bond acceptors (Lipinski definition) is 4. The third-order valence-corrected chi connectivity index (χ3v) is 6.76. The van der Waals surface area contributed by atoms with Crippen LogP contribution in [0.15, 0.2) is 23.1 Å². The largest absolute Gasteiger partial charge is 0.339 e. The van der Waals surface area contributed by atoms with Crippen molar-refractivity contribution in [2.75, 3.05) is 37.7 Å². The Morgan fingerprint density at radius 3 is 2.46 bits per heavy atom. The Kier molecular flexibility index (Phi) is 6.59. The number of hydrogen-bond donors (Lipinski definition) is 0. The number of sulfonamides is 1. The first-order valence-corrected chi connectivity index (χ1v) is 10.3. The molecule has 1 heterocycles. The first-order valence-electron chi connectivity index (χ1n) is 7.67. The van der Waals surface area contributed by atoms with Crippen molar-refractivity contribution in [1.29, 1.82) is 0 Å². The lowest BCUT2D eigenvalue weighted by atomic mass is 10.3. The second kappa shape index (κ2) is 8.26. The Bertz CT molecular complexity index is 690. The molecule has 1 aromatic rings. The lowest BCUT2D eigenvalue weighted by molar-refractivity contribution is -0.129. The number of carbonyl (C=O) groups is 1. The van der Waals surface area contributed by atoms with E-state index in [1.165, 1.54) is 0 Å². The molecule has 1 aromatic carbocycles. The van der Waals surface area contributed by atoms with Gasteiger partial charge in [0.1, 0.15) is 16.5 Å². The van der Waals surface area contributed by atoms with Crippen molar-refractivity contribution >= 4 is 27.7 Å². The van der Waals surface area contributed by atoms with E-state index in [1.807, 2.05) is 6.92 Å². The van der Waals surface area contributed by atoms with Gasteiger partial charge in [0.05, 0.1) is 5.75 Å². The van der Waals surface area contributed by atoms with Crippen LogP contribution in [0.4, 0.5) is 8.78 Å². The molecule has 0 saturated carbocycles. The summed E-state index contributed by atoms with van der Waals surface area (Å²) in [7, 11) is -4.03. The van der Waals surface area contributed by atoms with Gasteiger partial charge in [0.15, 0.2) is 0 Å². The van der Waals surface area contributed by atoms with Crippen molar-refractivity contribution in [3.63, 3.8) is 0 Å². The zero-order chi connectivity index (χ0) is 17.7. The van der Waals surface area contributed by atoms with E-state index >= 15 is 0 Å². The van der Waals surface area contributed by atoms with Crippen LogP contribution in [-0.4, -0.2) is 61.2 Å². The van der Waals surface area contributed by atoms with E-state index in [9.17, 15) is 22.0 Å². The Balaban J connectivity index is 1.99. The van der Waals surface area contributed by atoms with E-state index in [-0.39, 0.29) is 32.1 Å². The summed E-state index contributed by atoms with van der Waals surface area (Å²) < 4.78 is 52.8. The molecule has 5 nitrogen and oxygen atoms in total. The van der Waals surface area contributed by atoms with Gasteiger partial charge < -0.3 is 4.90 Å². The fraction of sp³-hybridized carbons (Fsp3) is 0.533. The van der Waals surface area contributed by atoms with Crippen molar-refractivity contribution in [1.82, 2.24) is 9.21 Å². The van der Waals surface area contributed by atoms with Gasteiger partial charge >= 0.3 is 0 Å². The highest BCUT2D eigenvalue weighted by atomic mass is 32.2. The highest BCUT2D eigenvalue weighted by Crippen LogP contribution is 2.21. The van der Waals surface area contributed by atoms with Crippen LogP contribution in [0.5, 0.6) is 0 Å². The Labute approximate surface area is 145 Å². The second-order valence-electron chi connectivity index (χ2n) is 5.41. The van der Waals surface area contributed by atoms with Crippen molar-refractivity contribution in [3.8, 4) is 0 Å². The molecule has 9 heteroatoms. The van der Waals surface area contributed by atoms with E-state index in [4.69, 9.17) is 0 Å². The minimum Gasteiger partial charge on any atom is -0.339 e. The van der Waals surface area contributed by atoms with Crippen molar-refractivity contribution < 1.29 is 22.0 Å². The van der Waals surface area contributed by atoms with Crippen LogP contribution >= 0.6 is 11.8 Å². The summed E-state index contributed by atoms with van der Waals surface area (Å²) in [5.41, 5.74) is 0. The maximum atomic E-state index is 13.8. The minimum absolute atomic E-state index is 0.0153. The average Bonchev–Trinajstić information content (AvgIpc) is 2.54. The minimum atomic E-state index is -4.03. The van der Waals surface area contributed by atoms with Gasteiger partial charge in [0.2, 0.25) is 15.9 Å². The Morgan fingerprint density at radius 1 is 1.21 bits per heavy atom. The van der Waals surface area contributed by atoms with Gasteiger partial charge in [-0.05, 0) is 24.3 Å². The van der Waals surface area contributed by atoms with Crippen LogP contribution < -0.4 is 0 Å². The summed E-state index contributed by atoms with van der Waals surface area (Å²) in [6.07, 6.45) is 0.993. The maximum absolute atomic E-state index is 13.8. The number of carbonyl (C=O) groups excluding carboxylic acids is 1. The van der Waals surface area contributed by atoms with Crippen LogP contribution in [0.2, 0.25) is 0 Å². The third kappa shape index (κ3) is 4.46. The molecule has 1 aliphatic heterocycles. The summed E-state index contributed by atoms with van der Waals surface area (Å²) >= 11 is 1.55. The molecule has 0 aromatic heterocycles. The fourth-order valence-electron chi connectivity index (χ4n) is 2.40. The number of benzene rings is 1. The van der Waals surface area contributed by atoms with Crippen molar-refractivity contribution in [3.05, 3.63) is 29.8 Å². The summed E-state index contributed by atoms with van der Waals surface area (Å²) in [5.74, 6) is -0.661. The first kappa shape index (κ1) is 19.1. The van der Waals surface area contributed by atoms with Crippen LogP contribution in [0.3, 0.4) is 0 Å². The lowest BCUT2D eigenvalue weighted by Gasteiger charge is -2.34. The van der Waals surface area contributed by atoms with Gasteiger partial charge in [-0.25, -0.2) is 17.2 Å². The van der Waals surface area contributed by atoms with Gasteiger partial charge in [-0.2, -0.15) is 16.1 Å². The number of thioether (sulfide) groups is 1. The third-order valence-electron chi connectivity index (χ3n) is 3.68. The van der Waals surface area contributed by atoms with E-state index in [0.29, 0.717) is 11.8 Å². The number of halogens is 2. The highest BCUT2D eigenvalue weighted by Gasteiger charge is 2.31. The van der Waals surface area contributed by atoms with Gasteiger partial charge in [0.25, 0.3) is 0 Å². The van der Waals surface area contributed by atoms with Gasteiger partial charge in [0, 0.05) is 32.2 Å². The van der Waals surface area contributed by atoms with Crippen LogP contribution in [0.1, 0.15) is 13.3 Å². The quantitative estimate of drug-likeness (QED) is 0.710. The van der Waals surface area contributed by atoms with Crippen LogP contribution in [0.25, 0.3) is 0 Å². The molecule has 1 aliphatic rings. The Morgan fingerprint density at radius 2 is 1.88 bits per heavy atom. The standard InChI is InChI=1S/C15H20F2N2O3S2/c1-2-9-23-11-15(20)18-5-7-19(8-6-18)24(21,22)14-4-3-12(16)10-13(14)17/h3-4,10H,2,5-9,11H2,1H3. The molecule has 0 bridgehead atoms. The molecular weight excluding hydrogens is 358 g/mol. The topological polar surface area (TPSA) is 57.7 Å².